The molecule has 1 N–H and O–H groups in total. The van der Waals surface area contributed by atoms with Crippen LogP contribution < -0.4 is 15.0 Å². The summed E-state index contributed by atoms with van der Waals surface area (Å²) in [4.78, 5) is 11.3. The molecule has 148 valence electrons. The van der Waals surface area contributed by atoms with Crippen molar-refractivity contribution < 1.29 is 14.3 Å². The smallest absolute Gasteiger partial charge is 0.233 e. The van der Waals surface area contributed by atoms with E-state index in [9.17, 15) is 10.0 Å². The molecule has 0 spiro atoms. The number of rotatable bonds is 8. The van der Waals surface area contributed by atoms with Crippen LogP contribution in [0.1, 0.15) is 36.1 Å². The van der Waals surface area contributed by atoms with Gasteiger partial charge in [-0.2, -0.15) is 0 Å². The summed E-state index contributed by atoms with van der Waals surface area (Å²) in [7, 11) is 1.63. The van der Waals surface area contributed by atoms with E-state index in [-0.39, 0.29) is 0 Å². The number of hydrogen-bond donors (Lipinski definition) is 1. The van der Waals surface area contributed by atoms with Crippen molar-refractivity contribution in [3.63, 3.8) is 0 Å². The first-order valence-corrected chi connectivity index (χ1v) is 9.06. The van der Waals surface area contributed by atoms with Gasteiger partial charge in [0.25, 0.3) is 0 Å². The van der Waals surface area contributed by atoms with Crippen LogP contribution in [-0.4, -0.2) is 13.0 Å². The summed E-state index contributed by atoms with van der Waals surface area (Å²) < 4.78 is 11.4. The van der Waals surface area contributed by atoms with E-state index in [4.69, 9.17) is 9.47 Å². The third kappa shape index (κ3) is 5.99. The number of carbonyl (C=O) groups is 1. The zero-order valence-electron chi connectivity index (χ0n) is 16.7. The maximum absolute atomic E-state index is 11.3. The zero-order valence-corrected chi connectivity index (χ0v) is 16.7. The van der Waals surface area contributed by atoms with E-state index in [0.717, 1.165) is 34.4 Å². The highest BCUT2D eigenvalue weighted by atomic mass is 16.5. The standard InChI is InChI=1S/C23H26NO4/c1-16(2)5-13-21-17(3)6-9-19(10-14-22(25)24-26)23(21)28-15-18-7-11-20(27-4)12-8-18/h5-12,14H,13,15H2,1-4H3,(H-,24,25,26)/q-1/b14-10+. The van der Waals surface area contributed by atoms with E-state index in [0.29, 0.717) is 12.4 Å². The molecule has 0 bridgehead atoms. The van der Waals surface area contributed by atoms with E-state index in [1.165, 1.54) is 17.1 Å². The molecular weight excluding hydrogens is 354 g/mol. The highest BCUT2D eigenvalue weighted by molar-refractivity contribution is 5.92. The van der Waals surface area contributed by atoms with Crippen LogP contribution >= 0.6 is 0 Å². The SMILES string of the molecule is COc1ccc(COc2c(/C=C/C(=O)N[O-])ccc(C)c2CC=C(C)C)cc1. The number of benzene rings is 2. The fourth-order valence-corrected chi connectivity index (χ4v) is 2.68. The van der Waals surface area contributed by atoms with Crippen molar-refractivity contribution in [2.45, 2.75) is 33.8 Å². The molecule has 2 aromatic carbocycles. The number of ether oxygens (including phenoxy) is 2. The van der Waals surface area contributed by atoms with Gasteiger partial charge in [-0.25, -0.2) is 0 Å². The molecule has 1 amide bonds. The topological polar surface area (TPSA) is 70.6 Å². The third-order valence-corrected chi connectivity index (χ3v) is 4.30. The second-order valence-electron chi connectivity index (χ2n) is 6.70. The number of hydrogen-bond acceptors (Lipinski definition) is 4. The molecule has 5 heteroatoms. The Morgan fingerprint density at radius 1 is 1.14 bits per heavy atom. The minimum absolute atomic E-state index is 0.379. The van der Waals surface area contributed by atoms with Crippen molar-refractivity contribution in [1.82, 2.24) is 5.48 Å². The van der Waals surface area contributed by atoms with E-state index < -0.39 is 5.91 Å². The van der Waals surface area contributed by atoms with Crippen LogP contribution in [-0.2, 0) is 17.8 Å². The van der Waals surface area contributed by atoms with Crippen LogP contribution in [0.3, 0.4) is 0 Å². The van der Waals surface area contributed by atoms with Crippen molar-refractivity contribution >= 4 is 12.0 Å². The zero-order chi connectivity index (χ0) is 20.5. The first kappa shape index (κ1) is 21.3. The molecule has 0 aliphatic heterocycles. The molecule has 0 aliphatic carbocycles. The van der Waals surface area contributed by atoms with Crippen LogP contribution in [0.15, 0.2) is 54.1 Å². The quantitative estimate of drug-likeness (QED) is 0.409. The van der Waals surface area contributed by atoms with Gasteiger partial charge < -0.3 is 20.2 Å². The van der Waals surface area contributed by atoms with Crippen molar-refractivity contribution in [3.05, 3.63) is 81.6 Å². The summed E-state index contributed by atoms with van der Waals surface area (Å²) in [6.07, 6.45) is 5.67. The fraction of sp³-hybridized carbons (Fsp3) is 0.261. The second-order valence-corrected chi connectivity index (χ2v) is 6.70. The lowest BCUT2D eigenvalue weighted by atomic mass is 9.99. The first-order chi connectivity index (χ1) is 13.4. The van der Waals surface area contributed by atoms with Crippen molar-refractivity contribution in [2.24, 2.45) is 0 Å². The Kier molecular flexibility index (Phi) is 7.84. The van der Waals surface area contributed by atoms with Gasteiger partial charge in [-0.3, -0.25) is 4.79 Å². The van der Waals surface area contributed by atoms with Crippen molar-refractivity contribution in [1.29, 1.82) is 0 Å². The summed E-state index contributed by atoms with van der Waals surface area (Å²) in [6.45, 7) is 6.52. The maximum Gasteiger partial charge on any atom is 0.233 e. The number of aryl methyl sites for hydroxylation is 1. The number of nitrogens with one attached hydrogen (secondary N) is 1. The number of methoxy groups -OCH3 is 1. The molecule has 0 aliphatic rings. The molecule has 2 aromatic rings. The molecule has 0 heterocycles. The summed E-state index contributed by atoms with van der Waals surface area (Å²) in [6, 6.07) is 11.6. The summed E-state index contributed by atoms with van der Waals surface area (Å²) in [5.74, 6) is 0.798. The van der Waals surface area contributed by atoms with E-state index in [1.54, 1.807) is 13.2 Å². The Morgan fingerprint density at radius 3 is 2.46 bits per heavy atom. The molecule has 0 aromatic heterocycles. The summed E-state index contributed by atoms with van der Waals surface area (Å²) in [5.41, 5.74) is 6.48. The van der Waals surface area contributed by atoms with Gasteiger partial charge in [0.2, 0.25) is 5.91 Å². The molecule has 0 atom stereocenters. The van der Waals surface area contributed by atoms with Crippen LogP contribution in [0, 0.1) is 12.1 Å². The average molecular weight is 380 g/mol. The number of hydroxylamine groups is 1. The van der Waals surface area contributed by atoms with Gasteiger partial charge in [-0.15, -0.1) is 0 Å². The van der Waals surface area contributed by atoms with Crippen molar-refractivity contribution in [2.75, 3.05) is 7.11 Å². The number of amides is 1. The molecule has 5 nitrogen and oxygen atoms in total. The summed E-state index contributed by atoms with van der Waals surface area (Å²) in [5, 5.41) is 10.5. The first-order valence-electron chi connectivity index (χ1n) is 9.06. The van der Waals surface area contributed by atoms with Gasteiger partial charge in [0.15, 0.2) is 0 Å². The van der Waals surface area contributed by atoms with Gasteiger partial charge in [0, 0.05) is 17.2 Å². The van der Waals surface area contributed by atoms with E-state index in [2.05, 4.69) is 19.9 Å². The van der Waals surface area contributed by atoms with Gasteiger partial charge >= 0.3 is 0 Å². The Bertz CT molecular complexity index is 863. The lowest BCUT2D eigenvalue weighted by Gasteiger charge is -2.17. The molecule has 0 fully saturated rings. The van der Waals surface area contributed by atoms with Gasteiger partial charge in [0.05, 0.1) is 7.11 Å². The minimum Gasteiger partial charge on any atom is -0.759 e. The fourth-order valence-electron chi connectivity index (χ4n) is 2.68. The molecule has 0 radical (unpaired) electrons. The highest BCUT2D eigenvalue weighted by Crippen LogP contribution is 2.30. The number of allylic oxidation sites excluding steroid dienone is 2. The average Bonchev–Trinajstić information content (AvgIpc) is 2.70. The van der Waals surface area contributed by atoms with Crippen LogP contribution in [0.5, 0.6) is 11.5 Å². The second kappa shape index (κ2) is 10.3. The van der Waals surface area contributed by atoms with Crippen LogP contribution in [0.25, 0.3) is 6.08 Å². The third-order valence-electron chi connectivity index (χ3n) is 4.30. The van der Waals surface area contributed by atoms with E-state index >= 15 is 0 Å². The van der Waals surface area contributed by atoms with Gasteiger partial charge in [0.1, 0.15) is 18.1 Å². The largest absolute Gasteiger partial charge is 0.759 e. The van der Waals surface area contributed by atoms with Crippen molar-refractivity contribution in [3.8, 4) is 11.5 Å². The predicted molar refractivity (Wildman–Crippen MR) is 112 cm³/mol. The summed E-state index contributed by atoms with van der Waals surface area (Å²) >= 11 is 0. The number of carbonyl (C=O) groups excluding carboxylic acids is 1. The monoisotopic (exact) mass is 380 g/mol. The Balaban J connectivity index is 2.36. The van der Waals surface area contributed by atoms with Crippen LogP contribution in [0.2, 0.25) is 0 Å². The van der Waals surface area contributed by atoms with Gasteiger partial charge in [-0.05, 0) is 56.5 Å². The predicted octanol–water partition coefficient (Wildman–Crippen LogP) is 4.72. The Labute approximate surface area is 166 Å². The molecule has 2 rings (SSSR count). The highest BCUT2D eigenvalue weighted by Gasteiger charge is 2.12. The molecular formula is C23H26NO4-. The van der Waals surface area contributed by atoms with Crippen LogP contribution in [0.4, 0.5) is 0 Å². The molecule has 28 heavy (non-hydrogen) atoms. The lowest BCUT2D eigenvalue weighted by molar-refractivity contribution is -0.115. The van der Waals surface area contributed by atoms with Gasteiger partial charge in [-0.1, -0.05) is 35.9 Å². The lowest BCUT2D eigenvalue weighted by Crippen LogP contribution is -2.11. The van der Waals surface area contributed by atoms with E-state index in [1.807, 2.05) is 43.3 Å². The normalized spacial score (nSPS) is 10.6. The maximum atomic E-state index is 11.3. The molecule has 0 unspecified atom stereocenters. The Hall–Kier alpha value is -3.05. The Morgan fingerprint density at radius 2 is 1.86 bits per heavy atom. The molecule has 0 saturated carbocycles. The minimum atomic E-state index is -0.701. The molecule has 0 saturated heterocycles.